The third-order valence-corrected chi connectivity index (χ3v) is 2.41. The Balaban J connectivity index is -0.000000279. The van der Waals surface area contributed by atoms with E-state index in [0.717, 1.165) is 0 Å². The first-order chi connectivity index (χ1) is 8.81. The van der Waals surface area contributed by atoms with Crippen molar-refractivity contribution in [3.63, 3.8) is 0 Å². The van der Waals surface area contributed by atoms with Gasteiger partial charge in [0.25, 0.3) is 15.6 Å². The number of hydrogen-bond donors (Lipinski definition) is 6. The van der Waals surface area contributed by atoms with E-state index >= 15 is 0 Å². The lowest BCUT2D eigenvalue weighted by Crippen LogP contribution is -3.07. The molecule has 22 heavy (non-hydrogen) atoms. The lowest BCUT2D eigenvalue weighted by molar-refractivity contribution is -0.796. The topological polar surface area (TPSA) is 237 Å². The molecule has 0 atom stereocenters. The summed E-state index contributed by atoms with van der Waals surface area (Å²) in [7, 11) is -9.78. The van der Waals surface area contributed by atoms with Crippen LogP contribution in [0.3, 0.4) is 0 Å². The minimum absolute atomic E-state index is 0. The van der Waals surface area contributed by atoms with E-state index in [9.17, 15) is 0 Å². The van der Waals surface area contributed by atoms with Crippen LogP contribution in [0, 0.1) is 0 Å². The zero-order valence-corrected chi connectivity index (χ0v) is 14.9. The third kappa shape index (κ3) is 28.3. The normalized spacial score (nSPS) is 20.5. The molecule has 0 amide bonds. The average molecular weight is 370 g/mol. The quantitative estimate of drug-likeness (QED) is 0.227. The van der Waals surface area contributed by atoms with Crippen molar-refractivity contribution in [3.05, 3.63) is 0 Å². The second-order valence-corrected chi connectivity index (χ2v) is 8.34. The standard InChI is InChI=1S/C9H20N2.2H3O4P.H2O/c1-8(2)5-7(10)6-9(3,4)11-8;2*1-5(2,3)4;/h7,11H,5-6,10H2,1-4H3;2*(H3,1,2,3,4);1H2. The van der Waals surface area contributed by atoms with E-state index in [0.29, 0.717) is 17.1 Å². The van der Waals surface area contributed by atoms with Crippen LogP contribution < -0.4 is 20.8 Å². The van der Waals surface area contributed by atoms with Gasteiger partial charge < -0.3 is 45.9 Å². The van der Waals surface area contributed by atoms with Gasteiger partial charge in [0, 0.05) is 0 Å². The number of hydrogen-bond acceptors (Lipinski definition) is 4. The van der Waals surface area contributed by atoms with Gasteiger partial charge in [-0.05, 0) is 27.7 Å². The fourth-order valence-corrected chi connectivity index (χ4v) is 2.74. The monoisotopic (exact) mass is 370 g/mol. The molecule has 0 aliphatic carbocycles. The Hall–Kier alpha value is 0.1000. The van der Waals surface area contributed by atoms with Crippen LogP contribution in [0.25, 0.3) is 0 Å². The van der Waals surface area contributed by atoms with E-state index in [4.69, 9.17) is 38.5 Å². The molecule has 13 heteroatoms. The smallest absolute Gasteiger partial charge is 0.262 e. The van der Waals surface area contributed by atoms with Gasteiger partial charge in [0.2, 0.25) is 0 Å². The van der Waals surface area contributed by atoms with Crippen LogP contribution in [0.5, 0.6) is 0 Å². The molecule has 11 N–H and O–H groups in total. The highest BCUT2D eigenvalue weighted by Crippen LogP contribution is 2.19. The molecule has 0 radical (unpaired) electrons. The molecule has 1 saturated heterocycles. The Kier molecular flexibility index (Phi) is 11.5. The minimum Gasteiger partial charge on any atom is -0.756 e. The van der Waals surface area contributed by atoms with E-state index in [-0.39, 0.29) is 5.48 Å². The number of nitrogens with two attached hydrogens (primary N) is 1. The third-order valence-electron chi connectivity index (χ3n) is 2.41. The van der Waals surface area contributed by atoms with Gasteiger partial charge in [-0.3, -0.25) is 9.13 Å². The van der Waals surface area contributed by atoms with E-state index in [1.165, 1.54) is 12.8 Å². The molecule has 11 nitrogen and oxygen atoms in total. The zero-order chi connectivity index (χ0) is 17.7. The first-order valence-electron chi connectivity index (χ1n) is 6.04. The van der Waals surface area contributed by atoms with Gasteiger partial charge in [-0.2, -0.15) is 0 Å². The summed E-state index contributed by atoms with van der Waals surface area (Å²) in [5.74, 6) is 0. The van der Waals surface area contributed by atoms with E-state index in [1.807, 2.05) is 0 Å². The zero-order valence-electron chi connectivity index (χ0n) is 13.1. The first kappa shape index (κ1) is 27.0. The largest absolute Gasteiger partial charge is 0.756 e. The van der Waals surface area contributed by atoms with Crippen LogP contribution in [0.15, 0.2) is 0 Å². The van der Waals surface area contributed by atoms with E-state index in [1.54, 1.807) is 0 Å². The maximum atomic E-state index is 8.77. The molecule has 1 heterocycles. The van der Waals surface area contributed by atoms with Gasteiger partial charge in [-0.25, -0.2) is 0 Å². The SMILES string of the molecule is CC1(C)CC([NH3+])CC(C)(C)[NH2+]1.O.O=P([O-])(O)O.O=P([O-])(O)O. The van der Waals surface area contributed by atoms with Crippen molar-refractivity contribution >= 4 is 15.6 Å². The molecule has 1 aliphatic heterocycles. The number of piperidine rings is 1. The second-order valence-electron chi connectivity index (χ2n) is 6.38. The maximum Gasteiger partial charge on any atom is 0.262 e. The van der Waals surface area contributed by atoms with Gasteiger partial charge in [0.15, 0.2) is 0 Å². The fourth-order valence-electron chi connectivity index (χ4n) is 2.74. The Labute approximate surface area is 129 Å². The van der Waals surface area contributed by atoms with Gasteiger partial charge in [0.1, 0.15) is 0 Å². The van der Waals surface area contributed by atoms with Crippen LogP contribution in [-0.2, 0) is 9.13 Å². The molecule has 0 spiro atoms. The summed E-state index contributed by atoms with van der Waals surface area (Å²) in [5.41, 5.74) is 4.96. The van der Waals surface area contributed by atoms with Crippen molar-refractivity contribution in [1.29, 1.82) is 0 Å². The van der Waals surface area contributed by atoms with Gasteiger partial charge in [-0.1, -0.05) is 0 Å². The highest BCUT2D eigenvalue weighted by molar-refractivity contribution is 7.43. The minimum atomic E-state index is -4.89. The molecule has 0 aromatic heterocycles. The van der Waals surface area contributed by atoms with Crippen molar-refractivity contribution in [2.75, 3.05) is 0 Å². The van der Waals surface area contributed by atoms with Crippen molar-refractivity contribution in [2.24, 2.45) is 0 Å². The summed E-state index contributed by atoms with van der Waals surface area (Å²) < 4.78 is 17.5. The summed E-state index contributed by atoms with van der Waals surface area (Å²) >= 11 is 0. The fraction of sp³-hybridized carbons (Fsp3) is 1.00. The lowest BCUT2D eigenvalue weighted by Gasteiger charge is -2.40. The Morgan fingerprint density at radius 1 is 0.955 bits per heavy atom. The highest BCUT2D eigenvalue weighted by Gasteiger charge is 2.41. The summed E-state index contributed by atoms with van der Waals surface area (Å²) in [6.07, 6.45) is 2.49. The molecule has 1 aliphatic rings. The molecule has 138 valence electrons. The van der Waals surface area contributed by atoms with Gasteiger partial charge in [-0.15, -0.1) is 0 Å². The molecule has 0 bridgehead atoms. The number of rotatable bonds is 0. The lowest BCUT2D eigenvalue weighted by atomic mass is 9.80. The van der Waals surface area contributed by atoms with Crippen LogP contribution in [-0.4, -0.2) is 42.2 Å². The van der Waals surface area contributed by atoms with Crippen molar-refractivity contribution in [2.45, 2.75) is 57.7 Å². The highest BCUT2D eigenvalue weighted by atomic mass is 31.2. The summed E-state index contributed by atoms with van der Waals surface area (Å²) in [6.45, 7) is 9.25. The molecular weight excluding hydrogens is 342 g/mol. The first-order valence-corrected chi connectivity index (χ1v) is 9.10. The number of phosphoric acid groups is 2. The average Bonchev–Trinajstić information content (AvgIpc) is 1.85. The van der Waals surface area contributed by atoms with Crippen LogP contribution >= 0.6 is 15.6 Å². The number of quaternary nitrogens is 2. The van der Waals surface area contributed by atoms with Gasteiger partial charge in [0.05, 0.1) is 30.0 Å². The molecule has 0 aromatic rings. The van der Waals surface area contributed by atoms with Crippen molar-refractivity contribution in [3.8, 4) is 0 Å². The summed E-state index contributed by atoms with van der Waals surface area (Å²) in [6, 6.07) is 0.644. The molecule has 0 aromatic carbocycles. The predicted octanol–water partition coefficient (Wildman–Crippen LogP) is -4.43. The molecular formula is C9H28N2O9P2. The molecule has 0 saturated carbocycles. The summed E-state index contributed by atoms with van der Waals surface area (Å²) in [5, 5.41) is 2.49. The Bertz CT molecular complexity index is 351. The molecule has 0 unspecified atom stereocenters. The predicted molar refractivity (Wildman–Crippen MR) is 73.7 cm³/mol. The Morgan fingerprint density at radius 2 is 1.14 bits per heavy atom. The maximum absolute atomic E-state index is 8.77. The molecule has 1 fully saturated rings. The van der Waals surface area contributed by atoms with Gasteiger partial charge >= 0.3 is 0 Å². The van der Waals surface area contributed by atoms with Crippen LogP contribution in [0.2, 0.25) is 0 Å². The van der Waals surface area contributed by atoms with Crippen LogP contribution in [0.4, 0.5) is 0 Å². The summed E-state index contributed by atoms with van der Waals surface area (Å²) in [4.78, 5) is 45.8. The van der Waals surface area contributed by atoms with Crippen molar-refractivity contribution in [1.82, 2.24) is 0 Å². The van der Waals surface area contributed by atoms with E-state index < -0.39 is 15.6 Å². The van der Waals surface area contributed by atoms with Crippen molar-refractivity contribution < 1.29 is 55.0 Å². The molecule has 1 rings (SSSR count). The van der Waals surface area contributed by atoms with E-state index in [2.05, 4.69) is 38.7 Å². The van der Waals surface area contributed by atoms with Crippen LogP contribution in [0.1, 0.15) is 40.5 Å². The second kappa shape index (κ2) is 9.41. The Morgan fingerprint density at radius 3 is 1.27 bits per heavy atom.